The van der Waals surface area contributed by atoms with Crippen molar-refractivity contribution in [1.29, 1.82) is 0 Å². The number of benzene rings is 1. The summed E-state index contributed by atoms with van der Waals surface area (Å²) in [5.74, 6) is -2.91. The van der Waals surface area contributed by atoms with Crippen LogP contribution in [0, 0.1) is 43.4 Å². The second kappa shape index (κ2) is 12.0. The lowest BCUT2D eigenvalue weighted by Crippen LogP contribution is -2.52. The average molecular weight is 499 g/mol. The number of aryl methyl sites for hydroxylation is 2. The number of ether oxygens (including phenoxy) is 1. The molecule has 2 amide bonds. The average Bonchev–Trinajstić information content (AvgIpc) is 3.14. The Hall–Kier alpha value is -2.67. The summed E-state index contributed by atoms with van der Waals surface area (Å²) in [5.41, 5.74) is 2.60. The van der Waals surface area contributed by atoms with Crippen molar-refractivity contribution >= 4 is 23.5 Å². The lowest BCUT2D eigenvalue weighted by molar-refractivity contribution is -0.156. The van der Waals surface area contributed by atoms with Crippen molar-refractivity contribution in [1.82, 2.24) is 4.90 Å². The van der Waals surface area contributed by atoms with Crippen LogP contribution in [-0.4, -0.2) is 53.1 Å². The number of esters is 1. The minimum atomic E-state index is -0.830. The van der Waals surface area contributed by atoms with E-state index in [9.17, 15) is 19.5 Å². The summed E-state index contributed by atoms with van der Waals surface area (Å²) >= 11 is 0. The summed E-state index contributed by atoms with van der Waals surface area (Å²) < 4.78 is 5.43. The molecular weight excluding hydrogens is 456 g/mol. The first-order valence-corrected chi connectivity index (χ1v) is 13.4. The Kier molecular flexibility index (Phi) is 9.34. The molecule has 1 heterocycles. The molecule has 198 valence electrons. The maximum absolute atomic E-state index is 14.1. The fourth-order valence-electron chi connectivity index (χ4n) is 5.99. The Morgan fingerprint density at radius 2 is 1.81 bits per heavy atom. The molecule has 1 fully saturated rings. The number of aliphatic hydroxyl groups is 1. The number of fused-ring (bicyclic) bond motifs is 1. The molecule has 0 bridgehead atoms. The van der Waals surface area contributed by atoms with Crippen molar-refractivity contribution in [3.8, 4) is 0 Å². The quantitative estimate of drug-likeness (QED) is 0.371. The molecule has 0 spiro atoms. The lowest BCUT2D eigenvalue weighted by atomic mass is 9.69. The lowest BCUT2D eigenvalue weighted by Gasteiger charge is -2.36. The zero-order valence-corrected chi connectivity index (χ0v) is 22.5. The van der Waals surface area contributed by atoms with E-state index in [1.807, 2.05) is 58.0 Å². The highest BCUT2D eigenvalue weighted by molar-refractivity contribution is 6.02. The predicted molar refractivity (Wildman–Crippen MR) is 140 cm³/mol. The number of nitrogens with zero attached hydrogens (tertiary/aromatic N) is 1. The number of para-hydroxylation sites is 1. The number of aliphatic hydroxyl groups excluding tert-OH is 1. The summed E-state index contributed by atoms with van der Waals surface area (Å²) in [5, 5.41) is 13.5. The standard InChI is InChI=1S/C29H42N2O5/c1-7-11-20-14-15-21-24(23(20)29(35)36-9-3)28(34)31(22(16-32)17(4)8-2)26(21)27(33)30-25-18(5)12-10-13-19(25)6/h10,12-15,17,20-24,26,32H,7-9,11,16H2,1-6H3,(H,30,33)/t17-,20+,21-,22-,23+,24-,26-/m0/s1. The van der Waals surface area contributed by atoms with Gasteiger partial charge in [-0.15, -0.1) is 0 Å². The van der Waals surface area contributed by atoms with Crippen molar-refractivity contribution in [2.24, 2.45) is 29.6 Å². The third-order valence-corrected chi connectivity index (χ3v) is 8.07. The number of hydrogen-bond donors (Lipinski definition) is 2. The second-order valence-electron chi connectivity index (χ2n) is 10.3. The van der Waals surface area contributed by atoms with Crippen molar-refractivity contribution in [3.05, 3.63) is 41.5 Å². The molecule has 7 heteroatoms. The number of hydrogen-bond acceptors (Lipinski definition) is 5. The largest absolute Gasteiger partial charge is 0.466 e. The number of amides is 2. The predicted octanol–water partition coefficient (Wildman–Crippen LogP) is 4.26. The van der Waals surface area contributed by atoms with E-state index in [1.165, 1.54) is 0 Å². The van der Waals surface area contributed by atoms with E-state index in [2.05, 4.69) is 12.2 Å². The van der Waals surface area contributed by atoms with Gasteiger partial charge < -0.3 is 20.1 Å². The van der Waals surface area contributed by atoms with Crippen LogP contribution in [0.1, 0.15) is 58.1 Å². The number of rotatable bonds is 10. The van der Waals surface area contributed by atoms with Crippen LogP contribution in [0.2, 0.25) is 0 Å². The fraction of sp³-hybridized carbons (Fsp3) is 0.621. The molecule has 1 aromatic carbocycles. The monoisotopic (exact) mass is 498 g/mol. The minimum absolute atomic E-state index is 0.0222. The van der Waals surface area contributed by atoms with E-state index in [0.717, 1.165) is 36.1 Å². The maximum Gasteiger partial charge on any atom is 0.310 e. The highest BCUT2D eigenvalue weighted by atomic mass is 16.5. The molecule has 2 N–H and O–H groups in total. The number of nitrogens with one attached hydrogen (secondary N) is 1. The van der Waals surface area contributed by atoms with Crippen LogP contribution in [0.25, 0.3) is 0 Å². The Morgan fingerprint density at radius 3 is 2.36 bits per heavy atom. The van der Waals surface area contributed by atoms with Gasteiger partial charge in [-0.2, -0.15) is 0 Å². The highest BCUT2D eigenvalue weighted by Crippen LogP contribution is 2.47. The number of anilines is 1. The summed E-state index contributed by atoms with van der Waals surface area (Å²) in [4.78, 5) is 42.8. The van der Waals surface area contributed by atoms with Crippen LogP contribution in [0.4, 0.5) is 5.69 Å². The van der Waals surface area contributed by atoms with Gasteiger partial charge in [0.15, 0.2) is 0 Å². The van der Waals surface area contributed by atoms with Gasteiger partial charge in [0.1, 0.15) is 6.04 Å². The van der Waals surface area contributed by atoms with Gasteiger partial charge in [0.2, 0.25) is 11.8 Å². The molecule has 1 aliphatic heterocycles. The first-order chi connectivity index (χ1) is 17.2. The van der Waals surface area contributed by atoms with Gasteiger partial charge in [0, 0.05) is 11.6 Å². The first kappa shape index (κ1) is 27.9. The summed E-state index contributed by atoms with van der Waals surface area (Å²) in [7, 11) is 0. The molecule has 0 unspecified atom stereocenters. The minimum Gasteiger partial charge on any atom is -0.466 e. The van der Waals surface area contributed by atoms with E-state index < -0.39 is 29.8 Å². The van der Waals surface area contributed by atoms with Gasteiger partial charge in [-0.1, -0.05) is 64.0 Å². The van der Waals surface area contributed by atoms with E-state index in [0.29, 0.717) is 0 Å². The van der Waals surface area contributed by atoms with Crippen LogP contribution in [0.15, 0.2) is 30.4 Å². The van der Waals surface area contributed by atoms with Gasteiger partial charge in [0.05, 0.1) is 31.1 Å². The van der Waals surface area contributed by atoms with Gasteiger partial charge in [0.25, 0.3) is 0 Å². The first-order valence-electron chi connectivity index (χ1n) is 13.4. The molecule has 1 aliphatic carbocycles. The topological polar surface area (TPSA) is 95.9 Å². The molecule has 1 aromatic rings. The van der Waals surface area contributed by atoms with Crippen LogP contribution in [0.5, 0.6) is 0 Å². The number of carbonyl (C=O) groups excluding carboxylic acids is 3. The van der Waals surface area contributed by atoms with Crippen LogP contribution in [-0.2, 0) is 19.1 Å². The van der Waals surface area contributed by atoms with Gasteiger partial charge in [-0.05, 0) is 50.2 Å². The zero-order valence-electron chi connectivity index (χ0n) is 22.5. The maximum atomic E-state index is 14.1. The molecule has 7 nitrogen and oxygen atoms in total. The number of allylic oxidation sites excluding steroid dienone is 1. The number of carbonyl (C=O) groups is 3. The molecular formula is C29H42N2O5. The van der Waals surface area contributed by atoms with Crippen molar-refractivity contribution < 1.29 is 24.2 Å². The van der Waals surface area contributed by atoms with Crippen LogP contribution < -0.4 is 5.32 Å². The molecule has 36 heavy (non-hydrogen) atoms. The van der Waals surface area contributed by atoms with Gasteiger partial charge in [-0.3, -0.25) is 14.4 Å². The van der Waals surface area contributed by atoms with Crippen LogP contribution in [0.3, 0.4) is 0 Å². The molecule has 1 saturated heterocycles. The Balaban J connectivity index is 2.10. The van der Waals surface area contributed by atoms with Crippen LogP contribution >= 0.6 is 0 Å². The Morgan fingerprint density at radius 1 is 1.14 bits per heavy atom. The molecule has 0 radical (unpaired) electrons. The number of likely N-dealkylation sites (tertiary alicyclic amines) is 1. The van der Waals surface area contributed by atoms with Crippen molar-refractivity contribution in [2.75, 3.05) is 18.5 Å². The van der Waals surface area contributed by atoms with Crippen molar-refractivity contribution in [3.63, 3.8) is 0 Å². The Labute approximate surface area is 215 Å². The normalized spacial score (nSPS) is 26.9. The molecule has 0 saturated carbocycles. The highest BCUT2D eigenvalue weighted by Gasteiger charge is 2.59. The second-order valence-corrected chi connectivity index (χ2v) is 10.3. The fourth-order valence-corrected chi connectivity index (χ4v) is 5.99. The summed E-state index contributed by atoms with van der Waals surface area (Å²) in [6, 6.07) is 4.45. The Bertz CT molecular complexity index is 970. The zero-order chi connectivity index (χ0) is 26.6. The smallest absolute Gasteiger partial charge is 0.310 e. The molecule has 2 aliphatic rings. The van der Waals surface area contributed by atoms with E-state index >= 15 is 0 Å². The third-order valence-electron chi connectivity index (χ3n) is 8.07. The van der Waals surface area contributed by atoms with E-state index in [4.69, 9.17) is 4.74 Å². The summed E-state index contributed by atoms with van der Waals surface area (Å²) in [6.45, 7) is 11.7. The van der Waals surface area contributed by atoms with E-state index in [-0.39, 0.29) is 42.8 Å². The van der Waals surface area contributed by atoms with E-state index in [1.54, 1.807) is 11.8 Å². The van der Waals surface area contributed by atoms with Gasteiger partial charge >= 0.3 is 5.97 Å². The molecule has 3 rings (SSSR count). The van der Waals surface area contributed by atoms with Crippen molar-refractivity contribution in [2.45, 2.75) is 72.9 Å². The van der Waals surface area contributed by atoms with Gasteiger partial charge in [-0.25, -0.2) is 0 Å². The third kappa shape index (κ3) is 5.22. The SMILES string of the molecule is CCC[C@@H]1C=C[C@H]2[C@H](C(=O)N([C@@H](CO)[C@@H](C)CC)[C@@H]2C(=O)Nc2c(C)cccc2C)[C@@H]1C(=O)OCC. The molecule has 0 aromatic heterocycles. The molecule has 7 atom stereocenters. The summed E-state index contributed by atoms with van der Waals surface area (Å²) in [6.07, 6.45) is 6.32.